The predicted octanol–water partition coefficient (Wildman–Crippen LogP) is 4.45. The molecule has 0 radical (unpaired) electrons. The van der Waals surface area contributed by atoms with Gasteiger partial charge in [-0.15, -0.1) is 0 Å². The van der Waals surface area contributed by atoms with Gasteiger partial charge in [-0.1, -0.05) is 30.3 Å². The van der Waals surface area contributed by atoms with E-state index in [0.717, 1.165) is 5.56 Å². The summed E-state index contributed by atoms with van der Waals surface area (Å²) in [5, 5.41) is 0.617. The molecular formula is C18H15FN2OS. The highest BCUT2D eigenvalue weighted by Gasteiger charge is 2.32. The number of amidine groups is 1. The van der Waals surface area contributed by atoms with Crippen LogP contribution in [0.1, 0.15) is 12.5 Å². The Balaban J connectivity index is 1.91. The first-order chi connectivity index (χ1) is 11.2. The number of carbonyl (C=O) groups is 1. The van der Waals surface area contributed by atoms with E-state index in [2.05, 4.69) is 4.99 Å². The largest absolute Gasteiger partial charge is 0.287 e. The van der Waals surface area contributed by atoms with E-state index in [1.165, 1.54) is 23.9 Å². The average molecular weight is 326 g/mol. The number of benzene rings is 2. The lowest BCUT2D eigenvalue weighted by Crippen LogP contribution is -2.28. The molecule has 0 N–H and O–H groups in total. The summed E-state index contributed by atoms with van der Waals surface area (Å²) >= 11 is 1.34. The lowest BCUT2D eigenvalue weighted by atomic mass is 10.2. The molecule has 1 saturated heterocycles. The van der Waals surface area contributed by atoms with Crippen molar-refractivity contribution in [3.05, 3.63) is 70.9 Å². The number of carbonyl (C=O) groups excluding carboxylic acids is 1. The van der Waals surface area contributed by atoms with Crippen molar-refractivity contribution in [2.45, 2.75) is 6.92 Å². The summed E-state index contributed by atoms with van der Waals surface area (Å²) in [5.74, 6) is -0.358. The Morgan fingerprint density at radius 3 is 2.48 bits per heavy atom. The fourth-order valence-electron chi connectivity index (χ4n) is 2.20. The number of amides is 1. The first-order valence-corrected chi connectivity index (χ1v) is 8.10. The van der Waals surface area contributed by atoms with Gasteiger partial charge >= 0.3 is 0 Å². The Hall–Kier alpha value is -2.40. The van der Waals surface area contributed by atoms with Crippen LogP contribution in [0.3, 0.4) is 0 Å². The standard InChI is InChI=1S/C18H15FN2OS/c1-2-21-17(22)16(12-13-6-4-3-5-7-13)23-18(21)20-15-10-8-14(19)9-11-15/h3-12H,2H2,1H3/b16-12+,20-18?. The van der Waals surface area contributed by atoms with Crippen molar-refractivity contribution in [3.8, 4) is 0 Å². The van der Waals surface area contributed by atoms with Crippen LogP contribution < -0.4 is 0 Å². The molecule has 0 atom stereocenters. The van der Waals surface area contributed by atoms with Gasteiger partial charge in [0.1, 0.15) is 5.82 Å². The highest BCUT2D eigenvalue weighted by Crippen LogP contribution is 2.33. The maximum atomic E-state index is 13.0. The molecule has 1 aliphatic heterocycles. The van der Waals surface area contributed by atoms with E-state index in [9.17, 15) is 9.18 Å². The zero-order valence-electron chi connectivity index (χ0n) is 12.6. The second-order valence-corrected chi connectivity index (χ2v) is 5.95. The number of aliphatic imine (C=N–C) groups is 1. The van der Waals surface area contributed by atoms with Crippen LogP contribution in [0.5, 0.6) is 0 Å². The molecule has 23 heavy (non-hydrogen) atoms. The van der Waals surface area contributed by atoms with Gasteiger partial charge in [-0.05, 0) is 54.6 Å². The van der Waals surface area contributed by atoms with Crippen molar-refractivity contribution >= 4 is 34.6 Å². The minimum Gasteiger partial charge on any atom is -0.287 e. The number of hydrogen-bond donors (Lipinski definition) is 0. The summed E-state index contributed by atoms with van der Waals surface area (Å²) < 4.78 is 13.0. The average Bonchev–Trinajstić information content (AvgIpc) is 2.85. The quantitative estimate of drug-likeness (QED) is 0.781. The van der Waals surface area contributed by atoms with E-state index in [1.807, 2.05) is 43.3 Å². The maximum Gasteiger partial charge on any atom is 0.266 e. The molecule has 2 aromatic rings. The molecule has 1 heterocycles. The molecule has 0 aromatic heterocycles. The Bertz CT molecular complexity index is 769. The summed E-state index contributed by atoms with van der Waals surface area (Å²) in [4.78, 5) is 19.2. The van der Waals surface area contributed by atoms with E-state index in [4.69, 9.17) is 0 Å². The van der Waals surface area contributed by atoms with E-state index in [0.29, 0.717) is 22.3 Å². The van der Waals surface area contributed by atoms with Gasteiger partial charge in [0, 0.05) is 6.54 Å². The van der Waals surface area contributed by atoms with Crippen LogP contribution in [-0.2, 0) is 4.79 Å². The van der Waals surface area contributed by atoms with Gasteiger partial charge in [0.25, 0.3) is 5.91 Å². The van der Waals surface area contributed by atoms with Gasteiger partial charge < -0.3 is 0 Å². The summed E-state index contributed by atoms with van der Waals surface area (Å²) in [7, 11) is 0. The second-order valence-electron chi connectivity index (χ2n) is 4.94. The van der Waals surface area contributed by atoms with E-state index >= 15 is 0 Å². The highest BCUT2D eigenvalue weighted by atomic mass is 32.2. The third kappa shape index (κ3) is 3.51. The van der Waals surface area contributed by atoms with Crippen molar-refractivity contribution in [2.75, 3.05) is 6.54 Å². The molecule has 0 unspecified atom stereocenters. The maximum absolute atomic E-state index is 13.0. The van der Waals surface area contributed by atoms with Crippen molar-refractivity contribution in [1.29, 1.82) is 0 Å². The fraction of sp³-hybridized carbons (Fsp3) is 0.111. The Morgan fingerprint density at radius 2 is 1.83 bits per heavy atom. The first kappa shape index (κ1) is 15.5. The fourth-order valence-corrected chi connectivity index (χ4v) is 3.26. The zero-order valence-corrected chi connectivity index (χ0v) is 13.4. The number of hydrogen-bond acceptors (Lipinski definition) is 3. The summed E-state index contributed by atoms with van der Waals surface area (Å²) in [5.41, 5.74) is 1.60. The smallest absolute Gasteiger partial charge is 0.266 e. The van der Waals surface area contributed by atoms with Gasteiger partial charge in [-0.25, -0.2) is 9.38 Å². The monoisotopic (exact) mass is 326 g/mol. The molecule has 3 rings (SSSR count). The van der Waals surface area contributed by atoms with E-state index < -0.39 is 0 Å². The molecule has 0 aliphatic carbocycles. The SMILES string of the molecule is CCN1C(=O)/C(=C\c2ccccc2)SC1=Nc1ccc(F)cc1. The second kappa shape index (κ2) is 6.79. The number of halogens is 1. The first-order valence-electron chi connectivity index (χ1n) is 7.28. The Kier molecular flexibility index (Phi) is 4.57. The lowest BCUT2D eigenvalue weighted by molar-refractivity contribution is -0.122. The van der Waals surface area contributed by atoms with Crippen molar-refractivity contribution < 1.29 is 9.18 Å². The molecule has 3 nitrogen and oxygen atoms in total. The van der Waals surface area contributed by atoms with Crippen LogP contribution in [-0.4, -0.2) is 22.5 Å². The Labute approximate surface area is 138 Å². The van der Waals surface area contributed by atoms with Crippen molar-refractivity contribution in [3.63, 3.8) is 0 Å². The van der Waals surface area contributed by atoms with Gasteiger partial charge in [0.2, 0.25) is 0 Å². The van der Waals surface area contributed by atoms with Crippen LogP contribution in [0.2, 0.25) is 0 Å². The topological polar surface area (TPSA) is 32.7 Å². The molecule has 0 saturated carbocycles. The molecule has 0 spiro atoms. The van der Waals surface area contributed by atoms with Crippen LogP contribution in [0.25, 0.3) is 6.08 Å². The van der Waals surface area contributed by atoms with Gasteiger partial charge in [0.05, 0.1) is 10.6 Å². The summed E-state index contributed by atoms with van der Waals surface area (Å²) in [6.07, 6.45) is 1.86. The summed E-state index contributed by atoms with van der Waals surface area (Å²) in [6, 6.07) is 15.6. The van der Waals surface area contributed by atoms with Crippen LogP contribution in [0, 0.1) is 5.82 Å². The van der Waals surface area contributed by atoms with Gasteiger partial charge in [-0.3, -0.25) is 9.69 Å². The van der Waals surface area contributed by atoms with E-state index in [1.54, 1.807) is 17.0 Å². The predicted molar refractivity (Wildman–Crippen MR) is 92.9 cm³/mol. The number of likely N-dealkylation sites (N-methyl/N-ethyl adjacent to an activating group) is 1. The molecule has 5 heteroatoms. The molecular weight excluding hydrogens is 311 g/mol. The lowest BCUT2D eigenvalue weighted by Gasteiger charge is -2.11. The number of thioether (sulfide) groups is 1. The molecule has 0 bridgehead atoms. The minimum absolute atomic E-state index is 0.0535. The van der Waals surface area contributed by atoms with Crippen molar-refractivity contribution in [2.24, 2.45) is 4.99 Å². The molecule has 2 aromatic carbocycles. The molecule has 1 amide bonds. The normalized spacial score (nSPS) is 18.2. The summed E-state index contributed by atoms with van der Waals surface area (Å²) in [6.45, 7) is 2.45. The molecule has 1 aliphatic rings. The van der Waals surface area contributed by atoms with Crippen LogP contribution in [0.15, 0.2) is 64.5 Å². The molecule has 116 valence electrons. The molecule has 1 fully saturated rings. The zero-order chi connectivity index (χ0) is 16.2. The van der Waals surface area contributed by atoms with Crippen LogP contribution in [0.4, 0.5) is 10.1 Å². The number of nitrogens with zero attached hydrogens (tertiary/aromatic N) is 2. The Morgan fingerprint density at radius 1 is 1.13 bits per heavy atom. The number of rotatable bonds is 3. The van der Waals surface area contributed by atoms with Crippen molar-refractivity contribution in [1.82, 2.24) is 4.90 Å². The minimum atomic E-state index is -0.305. The van der Waals surface area contributed by atoms with E-state index in [-0.39, 0.29) is 11.7 Å². The van der Waals surface area contributed by atoms with Crippen LogP contribution >= 0.6 is 11.8 Å². The third-order valence-corrected chi connectivity index (χ3v) is 4.36. The van der Waals surface area contributed by atoms with Gasteiger partial charge in [0.15, 0.2) is 5.17 Å². The van der Waals surface area contributed by atoms with Gasteiger partial charge in [-0.2, -0.15) is 0 Å². The third-order valence-electron chi connectivity index (χ3n) is 3.35. The highest BCUT2D eigenvalue weighted by molar-refractivity contribution is 8.18.